The molecule has 0 aliphatic rings. The van der Waals surface area contributed by atoms with Gasteiger partial charge >= 0.3 is 0 Å². The van der Waals surface area contributed by atoms with Gasteiger partial charge in [-0.1, -0.05) is 31.4 Å². The van der Waals surface area contributed by atoms with Gasteiger partial charge in [-0.2, -0.15) is 0 Å². The molecule has 5 heteroatoms. The molecule has 0 saturated carbocycles. The summed E-state index contributed by atoms with van der Waals surface area (Å²) < 4.78 is 2.01. The number of anilines is 1. The maximum Gasteiger partial charge on any atom is 0.163 e. The Kier molecular flexibility index (Phi) is 3.29. The summed E-state index contributed by atoms with van der Waals surface area (Å²) in [5.41, 5.74) is 7.93. The SMILES string of the molecule is CCCCCn1cnc2c(N)cc(Cl)nc21. The Morgan fingerprint density at radius 2 is 2.25 bits per heavy atom. The van der Waals surface area contributed by atoms with Crippen LogP contribution in [0.4, 0.5) is 5.69 Å². The van der Waals surface area contributed by atoms with E-state index < -0.39 is 0 Å². The molecule has 4 nitrogen and oxygen atoms in total. The highest BCUT2D eigenvalue weighted by Gasteiger charge is 2.08. The summed E-state index contributed by atoms with van der Waals surface area (Å²) in [5.74, 6) is 0. The minimum absolute atomic E-state index is 0.419. The number of fused-ring (bicyclic) bond motifs is 1. The third-order valence-corrected chi connectivity index (χ3v) is 2.77. The minimum Gasteiger partial charge on any atom is -0.397 e. The Balaban J connectivity index is 2.32. The highest BCUT2D eigenvalue weighted by Crippen LogP contribution is 2.21. The molecule has 0 spiro atoms. The number of hydrogen-bond acceptors (Lipinski definition) is 3. The van der Waals surface area contributed by atoms with E-state index in [1.54, 1.807) is 12.4 Å². The first-order valence-corrected chi connectivity index (χ1v) is 5.87. The van der Waals surface area contributed by atoms with E-state index in [1.165, 1.54) is 12.8 Å². The van der Waals surface area contributed by atoms with Crippen LogP contribution >= 0.6 is 11.6 Å². The zero-order valence-corrected chi connectivity index (χ0v) is 10.0. The molecule has 0 saturated heterocycles. The van der Waals surface area contributed by atoms with E-state index in [1.807, 2.05) is 4.57 Å². The Labute approximate surface area is 99.4 Å². The van der Waals surface area contributed by atoms with Crippen molar-refractivity contribution in [1.82, 2.24) is 14.5 Å². The lowest BCUT2D eigenvalue weighted by Gasteiger charge is -2.03. The molecule has 2 rings (SSSR count). The molecule has 2 aromatic heterocycles. The summed E-state index contributed by atoms with van der Waals surface area (Å²) in [5, 5.41) is 0.419. The molecule has 0 aromatic carbocycles. The predicted octanol–water partition coefficient (Wildman–Crippen LogP) is 2.86. The molecule has 0 radical (unpaired) electrons. The Hall–Kier alpha value is -1.29. The second-order valence-electron chi connectivity index (χ2n) is 3.85. The van der Waals surface area contributed by atoms with Crippen LogP contribution in [0.5, 0.6) is 0 Å². The smallest absolute Gasteiger partial charge is 0.163 e. The van der Waals surface area contributed by atoms with Crippen molar-refractivity contribution in [1.29, 1.82) is 0 Å². The van der Waals surface area contributed by atoms with E-state index in [-0.39, 0.29) is 0 Å². The highest BCUT2D eigenvalue weighted by atomic mass is 35.5. The molecular formula is C11H15ClN4. The number of imidazole rings is 1. The normalized spacial score (nSPS) is 11.1. The second-order valence-corrected chi connectivity index (χ2v) is 4.24. The summed E-state index contributed by atoms with van der Waals surface area (Å²) in [7, 11) is 0. The quantitative estimate of drug-likeness (QED) is 0.658. The van der Waals surface area contributed by atoms with Gasteiger partial charge in [0, 0.05) is 12.6 Å². The lowest BCUT2D eigenvalue weighted by molar-refractivity contribution is 0.610. The predicted molar refractivity (Wildman–Crippen MR) is 66.5 cm³/mol. The van der Waals surface area contributed by atoms with Crippen LogP contribution in [-0.2, 0) is 6.54 Å². The van der Waals surface area contributed by atoms with Gasteiger partial charge in [-0.15, -0.1) is 0 Å². The van der Waals surface area contributed by atoms with Crippen molar-refractivity contribution in [3.63, 3.8) is 0 Å². The zero-order valence-electron chi connectivity index (χ0n) is 9.28. The van der Waals surface area contributed by atoms with Gasteiger partial charge < -0.3 is 10.3 Å². The molecule has 0 amide bonds. The van der Waals surface area contributed by atoms with Gasteiger partial charge in [-0.3, -0.25) is 0 Å². The van der Waals surface area contributed by atoms with Gasteiger partial charge in [0.15, 0.2) is 5.65 Å². The van der Waals surface area contributed by atoms with Crippen LogP contribution in [-0.4, -0.2) is 14.5 Å². The molecule has 16 heavy (non-hydrogen) atoms. The first kappa shape index (κ1) is 11.2. The minimum atomic E-state index is 0.419. The topological polar surface area (TPSA) is 56.7 Å². The number of pyridine rings is 1. The molecule has 0 atom stereocenters. The Morgan fingerprint density at radius 3 is 3.00 bits per heavy atom. The number of aromatic nitrogens is 3. The van der Waals surface area contributed by atoms with Crippen LogP contribution in [0.15, 0.2) is 12.4 Å². The number of rotatable bonds is 4. The van der Waals surface area contributed by atoms with Gasteiger partial charge in [0.25, 0.3) is 0 Å². The third-order valence-electron chi connectivity index (χ3n) is 2.57. The van der Waals surface area contributed by atoms with E-state index in [2.05, 4.69) is 16.9 Å². The summed E-state index contributed by atoms with van der Waals surface area (Å²) in [4.78, 5) is 8.52. The Morgan fingerprint density at radius 1 is 1.44 bits per heavy atom. The van der Waals surface area contributed by atoms with Crippen LogP contribution in [0.2, 0.25) is 5.15 Å². The molecule has 0 bridgehead atoms. The van der Waals surface area contributed by atoms with Crippen molar-refractivity contribution in [2.75, 3.05) is 5.73 Å². The fourth-order valence-electron chi connectivity index (χ4n) is 1.72. The summed E-state index contributed by atoms with van der Waals surface area (Å²) in [6, 6.07) is 1.63. The van der Waals surface area contributed by atoms with Crippen LogP contribution in [0.3, 0.4) is 0 Å². The van der Waals surface area contributed by atoms with Gasteiger partial charge in [-0.25, -0.2) is 9.97 Å². The van der Waals surface area contributed by atoms with Gasteiger partial charge in [0.2, 0.25) is 0 Å². The molecule has 0 aliphatic heterocycles. The van der Waals surface area contributed by atoms with E-state index in [4.69, 9.17) is 17.3 Å². The van der Waals surface area contributed by atoms with Crippen molar-refractivity contribution >= 4 is 28.5 Å². The molecule has 86 valence electrons. The van der Waals surface area contributed by atoms with Gasteiger partial charge in [0.1, 0.15) is 10.7 Å². The van der Waals surface area contributed by atoms with Gasteiger partial charge in [-0.05, 0) is 6.42 Å². The number of hydrogen-bond donors (Lipinski definition) is 1. The fraction of sp³-hybridized carbons (Fsp3) is 0.455. The zero-order chi connectivity index (χ0) is 11.5. The summed E-state index contributed by atoms with van der Waals surface area (Å²) in [6.07, 6.45) is 5.30. The molecule has 0 unspecified atom stereocenters. The standard InChI is InChI=1S/C11H15ClN4/c1-2-3-4-5-16-7-14-10-8(13)6-9(12)15-11(10)16/h6-7H,2-5H2,1H3,(H2,13,15). The lowest BCUT2D eigenvalue weighted by atomic mass is 10.2. The second kappa shape index (κ2) is 4.70. The first-order chi connectivity index (χ1) is 7.72. The lowest BCUT2D eigenvalue weighted by Crippen LogP contribution is -1.98. The molecular weight excluding hydrogens is 224 g/mol. The number of nitrogens with zero attached hydrogens (tertiary/aromatic N) is 3. The number of unbranched alkanes of at least 4 members (excludes halogenated alkanes) is 2. The van der Waals surface area contributed by atoms with Crippen molar-refractivity contribution in [3.8, 4) is 0 Å². The molecule has 2 aromatic rings. The van der Waals surface area contributed by atoms with E-state index in [0.717, 1.165) is 24.1 Å². The average Bonchev–Trinajstić information content (AvgIpc) is 2.62. The van der Waals surface area contributed by atoms with Crippen molar-refractivity contribution in [2.45, 2.75) is 32.7 Å². The van der Waals surface area contributed by atoms with E-state index >= 15 is 0 Å². The maximum absolute atomic E-state index is 5.88. The third kappa shape index (κ3) is 2.11. The monoisotopic (exact) mass is 238 g/mol. The first-order valence-electron chi connectivity index (χ1n) is 5.49. The van der Waals surface area contributed by atoms with Crippen molar-refractivity contribution in [2.24, 2.45) is 0 Å². The fourth-order valence-corrected chi connectivity index (χ4v) is 1.92. The Bertz CT molecular complexity index is 492. The van der Waals surface area contributed by atoms with Crippen LogP contribution in [0.1, 0.15) is 26.2 Å². The van der Waals surface area contributed by atoms with Gasteiger partial charge in [0.05, 0.1) is 12.0 Å². The van der Waals surface area contributed by atoms with Crippen molar-refractivity contribution in [3.05, 3.63) is 17.5 Å². The largest absolute Gasteiger partial charge is 0.397 e. The van der Waals surface area contributed by atoms with Crippen molar-refractivity contribution < 1.29 is 0 Å². The highest BCUT2D eigenvalue weighted by molar-refractivity contribution is 6.30. The maximum atomic E-state index is 5.88. The molecule has 0 fully saturated rings. The van der Waals surface area contributed by atoms with E-state index in [9.17, 15) is 0 Å². The molecule has 2 heterocycles. The number of halogens is 1. The van der Waals surface area contributed by atoms with E-state index in [0.29, 0.717) is 10.8 Å². The number of nitrogens with two attached hydrogens (primary N) is 1. The number of nitrogen functional groups attached to an aromatic ring is 1. The average molecular weight is 239 g/mol. The van der Waals surface area contributed by atoms with Crippen LogP contribution in [0, 0.1) is 0 Å². The van der Waals surface area contributed by atoms with Crippen LogP contribution in [0.25, 0.3) is 11.2 Å². The molecule has 0 aliphatic carbocycles. The summed E-state index contributed by atoms with van der Waals surface area (Å²) >= 11 is 5.88. The summed E-state index contributed by atoms with van der Waals surface area (Å²) in [6.45, 7) is 3.09. The number of aryl methyl sites for hydroxylation is 1. The van der Waals surface area contributed by atoms with Crippen LogP contribution < -0.4 is 5.73 Å². The molecule has 2 N–H and O–H groups in total.